The molecule has 1 saturated carbocycles. The van der Waals surface area contributed by atoms with Crippen molar-refractivity contribution in [3.8, 4) is 5.75 Å². The summed E-state index contributed by atoms with van der Waals surface area (Å²) < 4.78 is 43.4. The highest BCUT2D eigenvalue weighted by molar-refractivity contribution is 5.79. The van der Waals surface area contributed by atoms with Gasteiger partial charge in [-0.1, -0.05) is 51.8 Å². The number of benzene rings is 1. The largest absolute Gasteiger partial charge is 0.497 e. The van der Waals surface area contributed by atoms with Gasteiger partial charge in [0.2, 0.25) is 5.91 Å². The molecule has 2 N–H and O–H groups in total. The van der Waals surface area contributed by atoms with Crippen LogP contribution in [0.3, 0.4) is 0 Å². The third kappa shape index (κ3) is 10.9. The molecule has 4 rings (SSSR count). The van der Waals surface area contributed by atoms with Gasteiger partial charge in [0.05, 0.1) is 12.7 Å². The predicted octanol–water partition coefficient (Wildman–Crippen LogP) is 6.32. The Hall–Kier alpha value is -2.81. The number of halogens is 3. The van der Waals surface area contributed by atoms with Crippen LogP contribution in [0.1, 0.15) is 64.5 Å². The van der Waals surface area contributed by atoms with Gasteiger partial charge in [-0.3, -0.25) is 4.79 Å². The Morgan fingerprint density at radius 1 is 1.05 bits per heavy atom. The van der Waals surface area contributed by atoms with E-state index in [1.54, 1.807) is 16.9 Å². The first-order chi connectivity index (χ1) is 18.1. The van der Waals surface area contributed by atoms with Gasteiger partial charge >= 0.3 is 6.18 Å². The Labute approximate surface area is 226 Å². The second-order valence-corrected chi connectivity index (χ2v) is 9.21. The lowest BCUT2D eigenvalue weighted by Gasteiger charge is -2.36. The molecule has 2 unspecified atom stereocenters. The summed E-state index contributed by atoms with van der Waals surface area (Å²) in [6, 6.07) is 10.1. The fraction of sp³-hybridized carbons (Fsp3) is 0.586. The molecule has 2 aromatic rings. The van der Waals surface area contributed by atoms with Crippen molar-refractivity contribution in [1.29, 1.82) is 0 Å². The number of alkyl halides is 3. The van der Waals surface area contributed by atoms with Crippen LogP contribution >= 0.6 is 0 Å². The van der Waals surface area contributed by atoms with Crippen LogP contribution in [0.15, 0.2) is 42.6 Å². The van der Waals surface area contributed by atoms with Crippen LogP contribution in [-0.2, 0) is 11.0 Å². The van der Waals surface area contributed by atoms with Crippen LogP contribution < -0.4 is 15.4 Å². The molecule has 1 amide bonds. The first-order valence-corrected chi connectivity index (χ1v) is 13.5. The minimum atomic E-state index is -4.38. The number of aryl methyl sites for hydroxylation is 1. The van der Waals surface area contributed by atoms with Crippen LogP contribution in [0, 0.1) is 12.8 Å². The smallest absolute Gasteiger partial charge is 0.416 e. The van der Waals surface area contributed by atoms with Gasteiger partial charge in [-0.25, -0.2) is 4.98 Å². The number of hydrogen-bond acceptors (Lipinski definition) is 5. The molecule has 1 aromatic heterocycles. The van der Waals surface area contributed by atoms with E-state index in [0.29, 0.717) is 32.0 Å². The Morgan fingerprint density at radius 3 is 2.11 bits per heavy atom. The minimum Gasteiger partial charge on any atom is -0.497 e. The number of nitrogens with zero attached hydrogens (tertiary/aromatic N) is 3. The summed E-state index contributed by atoms with van der Waals surface area (Å²) in [4.78, 5) is 20.1. The molecule has 9 heteroatoms. The average molecular weight is 539 g/mol. The number of pyridine rings is 1. The zero-order chi connectivity index (χ0) is 28.7. The molecule has 1 saturated heterocycles. The number of carbonyl (C=O) groups is 1. The highest BCUT2D eigenvalue weighted by Crippen LogP contribution is 2.31. The minimum absolute atomic E-state index is 0.00164. The van der Waals surface area contributed by atoms with Crippen molar-refractivity contribution in [3.63, 3.8) is 0 Å². The number of rotatable bonds is 3. The number of anilines is 1. The molecular formula is C29H45F3N4O2. The average Bonchev–Trinajstić information content (AvgIpc) is 3.36. The van der Waals surface area contributed by atoms with Crippen molar-refractivity contribution in [2.45, 2.75) is 72.5 Å². The molecule has 2 aliphatic rings. The second-order valence-electron chi connectivity index (χ2n) is 9.21. The summed E-state index contributed by atoms with van der Waals surface area (Å²) in [5.41, 5.74) is 6.42. The van der Waals surface area contributed by atoms with E-state index >= 15 is 0 Å². The summed E-state index contributed by atoms with van der Waals surface area (Å²) in [5.74, 6) is 1.35. The van der Waals surface area contributed by atoms with Crippen LogP contribution in [0.2, 0.25) is 0 Å². The summed E-state index contributed by atoms with van der Waals surface area (Å²) in [6.45, 7) is 12.3. The standard InChI is InChI=1S/C16H21F3N4O.C8H10O.C3H8.C2H6/c17-16(18,19)12-3-4-21-14(10-12)22-5-7-23(8-6-22)15(24)11-1-2-13(20)9-11;1-7-3-5-8(9-2)6-4-7;1-3-2;1-2/h3-4,10-11,13H,1-2,5-9,20H2;3-6H,1-2H3;3H2,1-2H3;1-2H3. The Bertz CT molecular complexity index is 930. The third-order valence-electron chi connectivity index (χ3n) is 6.07. The number of carbonyl (C=O) groups excluding carboxylic acids is 1. The number of hydrogen-bond donors (Lipinski definition) is 1. The van der Waals surface area contributed by atoms with E-state index in [2.05, 4.69) is 25.8 Å². The van der Waals surface area contributed by atoms with Crippen molar-refractivity contribution in [1.82, 2.24) is 9.88 Å². The first kappa shape index (κ1) is 33.2. The number of amides is 1. The van der Waals surface area contributed by atoms with E-state index in [-0.39, 0.29) is 17.9 Å². The zero-order valence-electron chi connectivity index (χ0n) is 23.7. The molecule has 1 aromatic carbocycles. The molecule has 0 spiro atoms. The lowest BCUT2D eigenvalue weighted by molar-refractivity contribution is -0.137. The van der Waals surface area contributed by atoms with Crippen molar-refractivity contribution < 1.29 is 22.7 Å². The van der Waals surface area contributed by atoms with Gasteiger partial charge < -0.3 is 20.3 Å². The number of piperazine rings is 1. The first-order valence-electron chi connectivity index (χ1n) is 13.5. The van der Waals surface area contributed by atoms with Gasteiger partial charge in [0, 0.05) is 44.3 Å². The highest BCUT2D eigenvalue weighted by atomic mass is 19.4. The third-order valence-corrected chi connectivity index (χ3v) is 6.07. The molecule has 38 heavy (non-hydrogen) atoms. The molecule has 0 radical (unpaired) electrons. The summed E-state index contributed by atoms with van der Waals surface area (Å²) in [6.07, 6.45) is 0.487. The number of aromatic nitrogens is 1. The molecule has 1 aliphatic carbocycles. The van der Waals surface area contributed by atoms with E-state index in [4.69, 9.17) is 10.5 Å². The maximum Gasteiger partial charge on any atom is 0.416 e. The van der Waals surface area contributed by atoms with Crippen molar-refractivity contribution >= 4 is 11.7 Å². The van der Waals surface area contributed by atoms with Crippen molar-refractivity contribution in [3.05, 3.63) is 53.7 Å². The molecule has 6 nitrogen and oxygen atoms in total. The number of nitrogens with two attached hydrogens (primary N) is 1. The van der Waals surface area contributed by atoms with Crippen LogP contribution in [0.4, 0.5) is 19.0 Å². The lowest BCUT2D eigenvalue weighted by Crippen LogP contribution is -2.50. The summed E-state index contributed by atoms with van der Waals surface area (Å²) in [7, 11) is 1.67. The van der Waals surface area contributed by atoms with Crippen LogP contribution in [0.25, 0.3) is 0 Å². The number of methoxy groups -OCH3 is 1. The summed E-state index contributed by atoms with van der Waals surface area (Å²) in [5, 5.41) is 0. The Kier molecular flexibility index (Phi) is 14.8. The molecule has 2 atom stereocenters. The Balaban J connectivity index is 0.000000428. The molecule has 214 valence electrons. The quantitative estimate of drug-likeness (QED) is 0.495. The fourth-order valence-corrected chi connectivity index (χ4v) is 4.10. The summed E-state index contributed by atoms with van der Waals surface area (Å²) >= 11 is 0. The van der Waals surface area contributed by atoms with Crippen LogP contribution in [-0.4, -0.2) is 55.1 Å². The highest BCUT2D eigenvalue weighted by Gasteiger charge is 2.34. The van der Waals surface area contributed by atoms with Gasteiger partial charge in [-0.2, -0.15) is 13.2 Å². The normalized spacial score (nSPS) is 18.7. The van der Waals surface area contributed by atoms with E-state index in [9.17, 15) is 18.0 Å². The van der Waals surface area contributed by atoms with Crippen LogP contribution in [0.5, 0.6) is 5.75 Å². The van der Waals surface area contributed by atoms with Crippen molar-refractivity contribution in [2.24, 2.45) is 11.7 Å². The van der Waals surface area contributed by atoms with E-state index in [0.717, 1.165) is 37.1 Å². The van der Waals surface area contributed by atoms with Crippen molar-refractivity contribution in [2.75, 3.05) is 38.2 Å². The maximum absolute atomic E-state index is 12.8. The molecule has 1 aliphatic heterocycles. The zero-order valence-corrected chi connectivity index (χ0v) is 23.7. The monoisotopic (exact) mass is 538 g/mol. The van der Waals surface area contributed by atoms with E-state index in [1.807, 2.05) is 38.1 Å². The Morgan fingerprint density at radius 2 is 1.63 bits per heavy atom. The van der Waals surface area contributed by atoms with Gasteiger partial charge in [-0.05, 0) is 50.5 Å². The van der Waals surface area contributed by atoms with E-state index < -0.39 is 11.7 Å². The second kappa shape index (κ2) is 16.9. The topological polar surface area (TPSA) is 71.7 Å². The van der Waals surface area contributed by atoms with E-state index in [1.165, 1.54) is 18.2 Å². The maximum atomic E-state index is 12.8. The SMILES string of the molecule is CC.CCC.COc1ccc(C)cc1.NC1CCC(C(=O)N2CCN(c3cc(C(F)(F)F)ccn3)CC2)C1. The molecule has 2 heterocycles. The lowest BCUT2D eigenvalue weighted by atomic mass is 10.1. The molecule has 2 fully saturated rings. The predicted molar refractivity (Wildman–Crippen MR) is 148 cm³/mol. The van der Waals surface area contributed by atoms with Gasteiger partial charge in [0.15, 0.2) is 0 Å². The van der Waals surface area contributed by atoms with Gasteiger partial charge in [0.1, 0.15) is 11.6 Å². The fourth-order valence-electron chi connectivity index (χ4n) is 4.10. The molecular weight excluding hydrogens is 493 g/mol. The van der Waals surface area contributed by atoms with Gasteiger partial charge in [-0.15, -0.1) is 0 Å². The molecule has 0 bridgehead atoms. The number of ether oxygens (including phenoxy) is 1. The van der Waals surface area contributed by atoms with Gasteiger partial charge in [0.25, 0.3) is 0 Å².